The van der Waals surface area contributed by atoms with Crippen LogP contribution < -0.4 is 0 Å². The summed E-state index contributed by atoms with van der Waals surface area (Å²) in [6.07, 6.45) is 2.30. The number of aliphatic hydroxyl groups excluding tert-OH is 1. The Morgan fingerprint density at radius 2 is 1.89 bits per heavy atom. The summed E-state index contributed by atoms with van der Waals surface area (Å²) >= 11 is 0. The molecule has 0 saturated carbocycles. The molecule has 0 bridgehead atoms. The highest BCUT2D eigenvalue weighted by molar-refractivity contribution is 5.90. The maximum atomic E-state index is 11.7. The van der Waals surface area contributed by atoms with Gasteiger partial charge in [-0.3, -0.25) is 0 Å². The zero-order valence-corrected chi connectivity index (χ0v) is 10.9. The van der Waals surface area contributed by atoms with Gasteiger partial charge in [0.05, 0.1) is 5.57 Å². The summed E-state index contributed by atoms with van der Waals surface area (Å²) in [4.78, 5) is 22.5. The molecule has 0 radical (unpaired) electrons. The molecule has 1 atom stereocenters. The second kappa shape index (κ2) is 9.10. The van der Waals surface area contributed by atoms with Gasteiger partial charge in [-0.1, -0.05) is 19.2 Å². The first-order valence-corrected chi connectivity index (χ1v) is 5.96. The van der Waals surface area contributed by atoms with Gasteiger partial charge in [-0.05, 0) is 19.3 Å². The van der Waals surface area contributed by atoms with Gasteiger partial charge < -0.3 is 14.9 Å². The number of unbranched alkanes of at least 4 members (excludes halogenated alkanes) is 1. The number of carboxylic acid groups (broad SMARTS) is 1. The molecule has 5 nitrogen and oxygen atoms in total. The molecule has 0 aromatic rings. The number of carbonyl (C=O) groups excluding carboxylic acids is 1. The molecule has 19 heavy (non-hydrogen) atoms. The minimum absolute atomic E-state index is 0.0528. The first-order chi connectivity index (χ1) is 8.93. The predicted octanol–water partition coefficient (Wildman–Crippen LogP) is 1.83. The van der Waals surface area contributed by atoms with E-state index in [1.165, 1.54) is 6.08 Å². The van der Waals surface area contributed by atoms with E-state index in [1.807, 2.05) is 0 Å². The highest BCUT2D eigenvalue weighted by Gasteiger charge is 2.22. The number of aliphatic carboxylic acids is 1. The van der Waals surface area contributed by atoms with Crippen molar-refractivity contribution in [3.05, 3.63) is 37.0 Å². The van der Waals surface area contributed by atoms with E-state index in [0.29, 0.717) is 19.3 Å². The Balaban J connectivity index is 4.46. The maximum Gasteiger partial charge on any atom is 0.334 e. The summed E-state index contributed by atoms with van der Waals surface area (Å²) in [5, 5.41) is 17.5. The van der Waals surface area contributed by atoms with Gasteiger partial charge >= 0.3 is 11.9 Å². The van der Waals surface area contributed by atoms with Gasteiger partial charge in [-0.25, -0.2) is 9.59 Å². The number of hydrogen-bond acceptors (Lipinski definition) is 4. The second-order valence-electron chi connectivity index (χ2n) is 4.03. The minimum atomic E-state index is -1.22. The van der Waals surface area contributed by atoms with Gasteiger partial charge in [0.25, 0.3) is 0 Å². The molecule has 106 valence electrons. The van der Waals surface area contributed by atoms with Crippen molar-refractivity contribution >= 4 is 11.9 Å². The van der Waals surface area contributed by atoms with Gasteiger partial charge in [-0.2, -0.15) is 0 Å². The van der Waals surface area contributed by atoms with E-state index in [4.69, 9.17) is 14.9 Å². The van der Waals surface area contributed by atoms with E-state index in [0.717, 1.165) is 0 Å². The number of rotatable bonds is 10. The molecule has 0 spiro atoms. The number of carboxylic acids is 1. The standard InChI is InChI=1S/C14H20O5/c1-4-7-12(11(3)13(16)17)19-14(18)10(2)8-5-6-9-15/h4,12,15H,1-3,5-9H2,(H,16,17). The predicted molar refractivity (Wildman–Crippen MR) is 71.5 cm³/mol. The van der Waals surface area contributed by atoms with E-state index in [1.54, 1.807) is 0 Å². The highest BCUT2D eigenvalue weighted by Crippen LogP contribution is 2.15. The molecule has 0 amide bonds. The lowest BCUT2D eigenvalue weighted by Gasteiger charge is -2.17. The molecule has 0 aliphatic rings. The third-order valence-electron chi connectivity index (χ3n) is 2.47. The van der Waals surface area contributed by atoms with E-state index < -0.39 is 18.0 Å². The van der Waals surface area contributed by atoms with Crippen LogP contribution >= 0.6 is 0 Å². The smallest absolute Gasteiger partial charge is 0.334 e. The van der Waals surface area contributed by atoms with Gasteiger partial charge in [0.15, 0.2) is 0 Å². The summed E-state index contributed by atoms with van der Waals surface area (Å²) < 4.78 is 5.05. The molecule has 0 aliphatic heterocycles. The molecule has 0 saturated heterocycles. The molecular weight excluding hydrogens is 248 g/mol. The SMILES string of the molecule is C=CCC(OC(=O)C(=C)CCCCO)C(=C)C(=O)O. The van der Waals surface area contributed by atoms with Crippen molar-refractivity contribution < 1.29 is 24.5 Å². The first-order valence-electron chi connectivity index (χ1n) is 5.96. The van der Waals surface area contributed by atoms with E-state index in [9.17, 15) is 9.59 Å². The number of carbonyl (C=O) groups is 2. The van der Waals surface area contributed by atoms with Crippen LogP contribution in [0.4, 0.5) is 0 Å². The molecule has 1 unspecified atom stereocenters. The molecule has 5 heteroatoms. The largest absolute Gasteiger partial charge is 0.478 e. The van der Waals surface area contributed by atoms with Crippen molar-refractivity contribution in [1.82, 2.24) is 0 Å². The topological polar surface area (TPSA) is 83.8 Å². The molecule has 0 aromatic carbocycles. The Hall–Kier alpha value is -1.88. The van der Waals surface area contributed by atoms with Crippen LogP contribution in [0.25, 0.3) is 0 Å². The molecule has 2 N–H and O–H groups in total. The third-order valence-corrected chi connectivity index (χ3v) is 2.47. The normalized spacial score (nSPS) is 11.4. The van der Waals surface area contributed by atoms with Gasteiger partial charge in [-0.15, -0.1) is 6.58 Å². The second-order valence-corrected chi connectivity index (χ2v) is 4.03. The van der Waals surface area contributed by atoms with Crippen LogP contribution in [0.5, 0.6) is 0 Å². The number of esters is 1. The van der Waals surface area contributed by atoms with Gasteiger partial charge in [0.2, 0.25) is 0 Å². The fraction of sp³-hybridized carbons (Fsp3) is 0.429. The lowest BCUT2D eigenvalue weighted by atomic mass is 10.1. The fourth-order valence-electron chi connectivity index (χ4n) is 1.32. The Bertz CT molecular complexity index is 370. The zero-order chi connectivity index (χ0) is 14.8. The van der Waals surface area contributed by atoms with Crippen LogP contribution in [0.3, 0.4) is 0 Å². The fourth-order valence-corrected chi connectivity index (χ4v) is 1.32. The van der Waals surface area contributed by atoms with Crippen molar-refractivity contribution in [3.63, 3.8) is 0 Å². The van der Waals surface area contributed by atoms with Crippen LogP contribution in [0.1, 0.15) is 25.7 Å². The summed E-state index contributed by atoms with van der Waals surface area (Å²) in [6, 6.07) is 0. The van der Waals surface area contributed by atoms with Crippen molar-refractivity contribution in [2.45, 2.75) is 31.8 Å². The zero-order valence-electron chi connectivity index (χ0n) is 10.9. The van der Waals surface area contributed by atoms with E-state index in [-0.39, 0.29) is 24.2 Å². The average Bonchev–Trinajstić information content (AvgIpc) is 2.37. The molecule has 0 fully saturated rings. The van der Waals surface area contributed by atoms with E-state index in [2.05, 4.69) is 19.7 Å². The van der Waals surface area contributed by atoms with Crippen LogP contribution in [-0.4, -0.2) is 34.9 Å². The Labute approximate surface area is 112 Å². The van der Waals surface area contributed by atoms with Gasteiger partial charge in [0, 0.05) is 18.6 Å². The Morgan fingerprint density at radius 3 is 2.37 bits per heavy atom. The Kier molecular flexibility index (Phi) is 8.20. The first kappa shape index (κ1) is 17.1. The van der Waals surface area contributed by atoms with Crippen LogP contribution in [-0.2, 0) is 14.3 Å². The quantitative estimate of drug-likeness (QED) is 0.273. The van der Waals surface area contributed by atoms with Crippen molar-refractivity contribution in [2.75, 3.05) is 6.61 Å². The van der Waals surface area contributed by atoms with Gasteiger partial charge in [0.1, 0.15) is 6.10 Å². The summed E-state index contributed by atoms with van der Waals surface area (Å²) in [7, 11) is 0. The van der Waals surface area contributed by atoms with Crippen LogP contribution in [0.15, 0.2) is 37.0 Å². The van der Waals surface area contributed by atoms with Crippen molar-refractivity contribution in [3.8, 4) is 0 Å². The van der Waals surface area contributed by atoms with Crippen molar-refractivity contribution in [1.29, 1.82) is 0 Å². The number of aliphatic hydroxyl groups is 1. The summed E-state index contributed by atoms with van der Waals surface area (Å²) in [5.41, 5.74) is 0.0529. The monoisotopic (exact) mass is 268 g/mol. The average molecular weight is 268 g/mol. The lowest BCUT2D eigenvalue weighted by molar-refractivity contribution is -0.144. The molecular formula is C14H20O5. The summed E-state index contributed by atoms with van der Waals surface area (Å²) in [6.45, 7) is 10.5. The summed E-state index contributed by atoms with van der Waals surface area (Å²) in [5.74, 6) is -1.86. The molecule has 0 aromatic heterocycles. The van der Waals surface area contributed by atoms with Crippen LogP contribution in [0.2, 0.25) is 0 Å². The van der Waals surface area contributed by atoms with Crippen molar-refractivity contribution in [2.24, 2.45) is 0 Å². The maximum absolute atomic E-state index is 11.7. The Morgan fingerprint density at radius 1 is 1.26 bits per heavy atom. The molecule has 0 aliphatic carbocycles. The molecule has 0 heterocycles. The number of hydrogen-bond donors (Lipinski definition) is 2. The van der Waals surface area contributed by atoms with Crippen LogP contribution in [0, 0.1) is 0 Å². The lowest BCUT2D eigenvalue weighted by Crippen LogP contribution is -2.24. The molecule has 0 rings (SSSR count). The van der Waals surface area contributed by atoms with E-state index >= 15 is 0 Å². The third kappa shape index (κ3) is 6.57. The minimum Gasteiger partial charge on any atom is -0.478 e. The number of ether oxygens (including phenoxy) is 1. The highest BCUT2D eigenvalue weighted by atomic mass is 16.5.